The lowest BCUT2D eigenvalue weighted by Crippen LogP contribution is -2.48. The number of carbonyl (C=O) groups excluding carboxylic acids is 1. The zero-order valence-corrected chi connectivity index (χ0v) is 16.8. The number of halogens is 1. The fourth-order valence-corrected chi connectivity index (χ4v) is 5.14. The Morgan fingerprint density at radius 2 is 2.17 bits per heavy atom. The predicted octanol–water partition coefficient (Wildman–Crippen LogP) is 4.42. The van der Waals surface area contributed by atoms with Crippen LogP contribution < -0.4 is 5.32 Å². The van der Waals surface area contributed by atoms with E-state index in [1.54, 1.807) is 0 Å². The number of rotatable bonds is 6. The molecule has 1 aromatic carbocycles. The average Bonchev–Trinajstić information content (AvgIpc) is 2.95. The number of benzene rings is 1. The summed E-state index contributed by atoms with van der Waals surface area (Å²) >= 11 is 2.43. The van der Waals surface area contributed by atoms with Gasteiger partial charge in [0.15, 0.2) is 0 Å². The van der Waals surface area contributed by atoms with Crippen LogP contribution in [0.25, 0.3) is 0 Å². The van der Waals surface area contributed by atoms with Gasteiger partial charge >= 0.3 is 5.97 Å². The van der Waals surface area contributed by atoms with E-state index in [9.17, 15) is 4.79 Å². The van der Waals surface area contributed by atoms with E-state index in [2.05, 4.69) is 60.0 Å². The van der Waals surface area contributed by atoms with Crippen LogP contribution in [0.1, 0.15) is 63.0 Å². The third kappa shape index (κ3) is 3.79. The van der Waals surface area contributed by atoms with Gasteiger partial charge in [0.05, 0.1) is 12.5 Å². The third-order valence-corrected chi connectivity index (χ3v) is 6.59. The summed E-state index contributed by atoms with van der Waals surface area (Å²) in [7, 11) is 0. The van der Waals surface area contributed by atoms with Gasteiger partial charge in [-0.3, -0.25) is 4.79 Å². The zero-order chi connectivity index (χ0) is 17.1. The van der Waals surface area contributed by atoms with Crippen LogP contribution in [0.4, 0.5) is 0 Å². The van der Waals surface area contributed by atoms with Crippen LogP contribution in [0.3, 0.4) is 0 Å². The number of unbranched alkanes of at least 4 members (excludes halogenated alkanes) is 1. The first-order chi connectivity index (χ1) is 11.6. The molecule has 0 saturated carbocycles. The second-order valence-corrected chi connectivity index (χ2v) is 8.30. The highest BCUT2D eigenvalue weighted by Gasteiger charge is 2.46. The van der Waals surface area contributed by atoms with Crippen LogP contribution >= 0.6 is 22.6 Å². The minimum absolute atomic E-state index is 0.000811. The van der Waals surface area contributed by atoms with Crippen LogP contribution in [-0.2, 0) is 16.0 Å². The van der Waals surface area contributed by atoms with E-state index >= 15 is 0 Å². The topological polar surface area (TPSA) is 38.3 Å². The van der Waals surface area contributed by atoms with Gasteiger partial charge in [-0.25, -0.2) is 0 Å². The highest BCUT2D eigenvalue weighted by atomic mass is 127. The Morgan fingerprint density at radius 3 is 2.88 bits per heavy atom. The number of carbonyl (C=O) groups is 1. The number of hydrogen-bond acceptors (Lipinski definition) is 3. The van der Waals surface area contributed by atoms with Gasteiger partial charge in [-0.15, -0.1) is 0 Å². The second-order valence-electron chi connectivity index (χ2n) is 7.14. The molecule has 2 heterocycles. The minimum Gasteiger partial charge on any atom is -0.465 e. The molecule has 1 N–H and O–H groups in total. The molecule has 2 aliphatic heterocycles. The van der Waals surface area contributed by atoms with E-state index in [1.165, 1.54) is 21.1 Å². The van der Waals surface area contributed by atoms with Gasteiger partial charge in [0.25, 0.3) is 0 Å². The molecular formula is C20H28INO2. The Bertz CT molecular complexity index is 589. The molecule has 132 valence electrons. The molecule has 3 nitrogen and oxygen atoms in total. The van der Waals surface area contributed by atoms with Crippen LogP contribution in [0.5, 0.6) is 0 Å². The number of ether oxygens (including phenoxy) is 1. The highest BCUT2D eigenvalue weighted by Crippen LogP contribution is 2.42. The molecule has 4 heteroatoms. The smallest absolute Gasteiger partial charge is 0.311 e. The fraction of sp³-hybridized carbons (Fsp3) is 0.650. The molecule has 4 atom stereocenters. The molecule has 0 amide bonds. The molecular weight excluding hydrogens is 413 g/mol. The van der Waals surface area contributed by atoms with E-state index in [1.807, 2.05) is 0 Å². The van der Waals surface area contributed by atoms with E-state index in [0.29, 0.717) is 12.6 Å². The number of fused-ring (bicyclic) bond motifs is 2. The maximum absolute atomic E-state index is 12.8. The summed E-state index contributed by atoms with van der Waals surface area (Å²) in [5.41, 5.74) is 2.70. The van der Waals surface area contributed by atoms with Crippen molar-refractivity contribution in [1.82, 2.24) is 5.32 Å². The van der Waals surface area contributed by atoms with E-state index in [-0.39, 0.29) is 23.8 Å². The molecule has 0 aliphatic carbocycles. The molecule has 2 bridgehead atoms. The molecule has 0 aromatic heterocycles. The molecule has 2 saturated heterocycles. The number of nitrogens with one attached hydrogen (secondary N) is 1. The molecule has 2 aliphatic rings. The van der Waals surface area contributed by atoms with Crippen molar-refractivity contribution >= 4 is 28.6 Å². The monoisotopic (exact) mass is 441 g/mol. The number of hydrogen-bond donors (Lipinski definition) is 1. The normalized spacial score (nSPS) is 28.8. The van der Waals surface area contributed by atoms with Crippen LogP contribution in [-0.4, -0.2) is 24.7 Å². The molecule has 3 rings (SSSR count). The number of piperidine rings is 1. The van der Waals surface area contributed by atoms with Gasteiger partial charge in [0, 0.05) is 21.6 Å². The van der Waals surface area contributed by atoms with Crippen molar-refractivity contribution in [3.63, 3.8) is 0 Å². The quantitative estimate of drug-likeness (QED) is 0.404. The van der Waals surface area contributed by atoms with Crippen molar-refractivity contribution in [3.8, 4) is 0 Å². The summed E-state index contributed by atoms with van der Waals surface area (Å²) in [6.07, 6.45) is 6.39. The SMILES string of the molecule is CCCCOC(=O)C1C2CCC(C[C@@H]1c1ccc(CC)c(I)c1)N2. The molecule has 0 radical (unpaired) electrons. The van der Waals surface area contributed by atoms with Crippen molar-refractivity contribution in [1.29, 1.82) is 0 Å². The Morgan fingerprint density at radius 1 is 1.33 bits per heavy atom. The first kappa shape index (κ1) is 18.2. The Kier molecular flexibility index (Phi) is 6.19. The second kappa shape index (κ2) is 8.17. The third-order valence-electron chi connectivity index (χ3n) is 5.58. The highest BCUT2D eigenvalue weighted by molar-refractivity contribution is 14.1. The number of esters is 1. The van der Waals surface area contributed by atoms with Crippen molar-refractivity contribution < 1.29 is 9.53 Å². The fourth-order valence-electron chi connectivity index (χ4n) is 4.22. The van der Waals surface area contributed by atoms with Gasteiger partial charge in [-0.2, -0.15) is 0 Å². The van der Waals surface area contributed by atoms with Crippen molar-refractivity contribution in [2.75, 3.05) is 6.61 Å². The Hall–Kier alpha value is -0.620. The Labute approximate surface area is 159 Å². The number of aryl methyl sites for hydroxylation is 1. The first-order valence-corrected chi connectivity index (χ1v) is 10.4. The largest absolute Gasteiger partial charge is 0.465 e. The summed E-state index contributed by atoms with van der Waals surface area (Å²) in [6.45, 7) is 4.87. The molecule has 24 heavy (non-hydrogen) atoms. The van der Waals surface area contributed by atoms with E-state index in [4.69, 9.17) is 4.74 Å². The summed E-state index contributed by atoms with van der Waals surface area (Å²) in [5.74, 6) is 0.252. The van der Waals surface area contributed by atoms with Gasteiger partial charge in [-0.1, -0.05) is 32.4 Å². The maximum Gasteiger partial charge on any atom is 0.311 e. The van der Waals surface area contributed by atoms with Crippen molar-refractivity contribution in [2.24, 2.45) is 5.92 Å². The summed E-state index contributed by atoms with van der Waals surface area (Å²) in [4.78, 5) is 12.8. The van der Waals surface area contributed by atoms with Gasteiger partial charge in [0.2, 0.25) is 0 Å². The first-order valence-electron chi connectivity index (χ1n) is 9.35. The zero-order valence-electron chi connectivity index (χ0n) is 14.7. The standard InChI is InChI=1S/C20H28INO2/c1-3-5-10-24-20(23)19-16(12-15-8-9-18(19)22-15)14-7-6-13(4-2)17(21)11-14/h6-7,11,15-16,18-19,22H,3-5,8-10,12H2,1-2H3/t15?,16-,18?,19?/m1/s1. The summed E-state index contributed by atoms with van der Waals surface area (Å²) in [6, 6.07) is 7.61. The lowest BCUT2D eigenvalue weighted by molar-refractivity contribution is -0.151. The van der Waals surface area contributed by atoms with Crippen LogP contribution in [0, 0.1) is 9.49 Å². The maximum atomic E-state index is 12.8. The molecule has 3 unspecified atom stereocenters. The van der Waals surface area contributed by atoms with Crippen LogP contribution in [0.15, 0.2) is 18.2 Å². The van der Waals surface area contributed by atoms with Gasteiger partial charge in [-0.05, 0) is 71.9 Å². The van der Waals surface area contributed by atoms with Crippen molar-refractivity contribution in [2.45, 2.75) is 70.4 Å². The summed E-state index contributed by atoms with van der Waals surface area (Å²) in [5, 5.41) is 3.65. The molecule has 2 fully saturated rings. The summed E-state index contributed by atoms with van der Waals surface area (Å²) < 4.78 is 6.93. The average molecular weight is 441 g/mol. The van der Waals surface area contributed by atoms with E-state index < -0.39 is 0 Å². The van der Waals surface area contributed by atoms with Gasteiger partial charge in [0.1, 0.15) is 0 Å². The lowest BCUT2D eigenvalue weighted by atomic mass is 9.77. The minimum atomic E-state index is -0.0381. The van der Waals surface area contributed by atoms with Crippen LogP contribution in [0.2, 0.25) is 0 Å². The molecule has 1 aromatic rings. The molecule has 0 spiro atoms. The van der Waals surface area contributed by atoms with Crippen molar-refractivity contribution in [3.05, 3.63) is 32.9 Å². The Balaban J connectivity index is 1.83. The van der Waals surface area contributed by atoms with E-state index in [0.717, 1.165) is 32.1 Å². The lowest BCUT2D eigenvalue weighted by Gasteiger charge is -2.36. The van der Waals surface area contributed by atoms with Gasteiger partial charge < -0.3 is 10.1 Å². The predicted molar refractivity (Wildman–Crippen MR) is 105 cm³/mol.